The Balaban J connectivity index is 1.34. The SMILES string of the molecule is Cc1ccc(C(=C/C=C/c2ccc(N(C=C(c3ccccc3)c3ccccc3)c3ccccn3)cc2)c2ccc(C)cc2)cc1. The predicted molar refractivity (Wildman–Crippen MR) is 191 cm³/mol. The van der Waals surface area contributed by atoms with Gasteiger partial charge in [-0.25, -0.2) is 4.98 Å². The number of benzene rings is 5. The molecule has 0 bridgehead atoms. The van der Waals surface area contributed by atoms with E-state index in [-0.39, 0.29) is 0 Å². The third kappa shape index (κ3) is 7.44. The molecule has 45 heavy (non-hydrogen) atoms. The highest BCUT2D eigenvalue weighted by Crippen LogP contribution is 2.31. The second kappa shape index (κ2) is 14.2. The lowest BCUT2D eigenvalue weighted by molar-refractivity contribution is 1.18. The Bertz CT molecular complexity index is 1810. The van der Waals surface area contributed by atoms with E-state index in [1.807, 2.05) is 24.4 Å². The highest BCUT2D eigenvalue weighted by Gasteiger charge is 2.13. The maximum Gasteiger partial charge on any atom is 0.137 e. The molecule has 2 heteroatoms. The van der Waals surface area contributed by atoms with Crippen molar-refractivity contribution in [3.63, 3.8) is 0 Å². The number of anilines is 2. The summed E-state index contributed by atoms with van der Waals surface area (Å²) < 4.78 is 0. The molecule has 0 saturated heterocycles. The van der Waals surface area contributed by atoms with Gasteiger partial charge in [-0.1, -0.05) is 157 Å². The Labute approximate surface area is 267 Å². The van der Waals surface area contributed by atoms with Gasteiger partial charge < -0.3 is 4.90 Å². The van der Waals surface area contributed by atoms with E-state index < -0.39 is 0 Å². The summed E-state index contributed by atoms with van der Waals surface area (Å²) in [5.74, 6) is 0.855. The number of hydrogen-bond acceptors (Lipinski definition) is 2. The van der Waals surface area contributed by atoms with Gasteiger partial charge in [0.2, 0.25) is 0 Å². The summed E-state index contributed by atoms with van der Waals surface area (Å²) in [6.07, 6.45) is 10.5. The normalized spacial score (nSPS) is 10.8. The molecule has 0 radical (unpaired) electrons. The second-order valence-electron chi connectivity index (χ2n) is 11.1. The van der Waals surface area contributed by atoms with E-state index >= 15 is 0 Å². The van der Waals surface area contributed by atoms with Crippen molar-refractivity contribution < 1.29 is 0 Å². The molecule has 0 saturated carbocycles. The highest BCUT2D eigenvalue weighted by molar-refractivity contribution is 5.84. The molecule has 0 spiro atoms. The minimum atomic E-state index is 0.855. The average molecular weight is 581 g/mol. The van der Waals surface area contributed by atoms with Crippen molar-refractivity contribution in [1.29, 1.82) is 0 Å². The van der Waals surface area contributed by atoms with Gasteiger partial charge in [-0.15, -0.1) is 0 Å². The molecule has 6 aromatic rings. The zero-order valence-corrected chi connectivity index (χ0v) is 25.7. The van der Waals surface area contributed by atoms with Crippen LogP contribution >= 0.6 is 0 Å². The largest absolute Gasteiger partial charge is 0.301 e. The summed E-state index contributed by atoms with van der Waals surface area (Å²) in [6, 6.07) is 53.1. The van der Waals surface area contributed by atoms with Crippen molar-refractivity contribution in [2.75, 3.05) is 4.90 Å². The maximum atomic E-state index is 4.72. The van der Waals surface area contributed by atoms with Gasteiger partial charge in [-0.05, 0) is 71.5 Å². The van der Waals surface area contributed by atoms with Crippen molar-refractivity contribution in [1.82, 2.24) is 4.98 Å². The monoisotopic (exact) mass is 580 g/mol. The van der Waals surface area contributed by atoms with E-state index in [9.17, 15) is 0 Å². The first-order chi connectivity index (χ1) is 22.1. The van der Waals surface area contributed by atoms with Crippen LogP contribution in [0.25, 0.3) is 17.2 Å². The Hall–Kier alpha value is -5.73. The molecule has 0 N–H and O–H groups in total. The molecule has 0 atom stereocenters. The summed E-state index contributed by atoms with van der Waals surface area (Å²) in [7, 11) is 0. The number of rotatable bonds is 9. The van der Waals surface area contributed by atoms with Crippen LogP contribution in [0.5, 0.6) is 0 Å². The number of hydrogen-bond donors (Lipinski definition) is 0. The van der Waals surface area contributed by atoms with Crippen LogP contribution in [-0.2, 0) is 0 Å². The van der Waals surface area contributed by atoms with Gasteiger partial charge in [-0.2, -0.15) is 0 Å². The number of allylic oxidation sites excluding steroid dienone is 2. The number of aryl methyl sites for hydroxylation is 2. The second-order valence-corrected chi connectivity index (χ2v) is 11.1. The van der Waals surface area contributed by atoms with Crippen molar-refractivity contribution in [2.45, 2.75) is 13.8 Å². The molecular formula is C43H36N2. The fraction of sp³-hybridized carbons (Fsp3) is 0.0465. The molecule has 2 nitrogen and oxygen atoms in total. The Morgan fingerprint density at radius 2 is 1.02 bits per heavy atom. The van der Waals surface area contributed by atoms with Crippen molar-refractivity contribution in [3.8, 4) is 0 Å². The first-order valence-corrected chi connectivity index (χ1v) is 15.3. The fourth-order valence-corrected chi connectivity index (χ4v) is 5.28. The predicted octanol–water partition coefficient (Wildman–Crippen LogP) is 11.1. The minimum Gasteiger partial charge on any atom is -0.301 e. The number of aromatic nitrogens is 1. The van der Waals surface area contributed by atoms with Gasteiger partial charge in [0.1, 0.15) is 5.82 Å². The number of pyridine rings is 1. The molecule has 1 aromatic heterocycles. The lowest BCUT2D eigenvalue weighted by Gasteiger charge is -2.22. The summed E-state index contributed by atoms with van der Waals surface area (Å²) in [5, 5.41) is 0. The molecule has 6 rings (SSSR count). The molecule has 0 aliphatic rings. The fourth-order valence-electron chi connectivity index (χ4n) is 5.28. The smallest absolute Gasteiger partial charge is 0.137 e. The first kappa shape index (κ1) is 29.3. The van der Waals surface area contributed by atoms with Crippen LogP contribution in [0.2, 0.25) is 0 Å². The van der Waals surface area contributed by atoms with E-state index in [0.29, 0.717) is 0 Å². The van der Waals surface area contributed by atoms with Crippen LogP contribution in [0.3, 0.4) is 0 Å². The van der Waals surface area contributed by atoms with Gasteiger partial charge in [0.25, 0.3) is 0 Å². The standard InChI is InChI=1S/C43H36N2/c1-33-19-25-38(26-20-33)41(39-27-21-34(2)22-28-39)17-11-12-35-23-29-40(30-24-35)45(43-18-9-10-31-44-43)32-42(36-13-5-3-6-14-36)37-15-7-4-8-16-37/h3-32H,1-2H3/b12-11+. The van der Waals surface area contributed by atoms with Gasteiger partial charge in [0.15, 0.2) is 0 Å². The van der Waals surface area contributed by atoms with E-state index in [0.717, 1.165) is 33.8 Å². The first-order valence-electron chi connectivity index (χ1n) is 15.3. The van der Waals surface area contributed by atoms with Crippen LogP contribution in [-0.4, -0.2) is 4.98 Å². The van der Waals surface area contributed by atoms with Crippen molar-refractivity contribution in [3.05, 3.63) is 215 Å². The Kier molecular flexibility index (Phi) is 9.23. The molecule has 0 fully saturated rings. The average Bonchev–Trinajstić information content (AvgIpc) is 3.10. The lowest BCUT2D eigenvalue weighted by Crippen LogP contribution is -2.11. The van der Waals surface area contributed by atoms with Crippen LogP contribution < -0.4 is 4.90 Å². The topological polar surface area (TPSA) is 16.1 Å². The quantitative estimate of drug-likeness (QED) is 0.158. The summed E-state index contributed by atoms with van der Waals surface area (Å²) in [6.45, 7) is 4.25. The summed E-state index contributed by atoms with van der Waals surface area (Å²) >= 11 is 0. The molecule has 0 amide bonds. The molecular weight excluding hydrogens is 544 g/mol. The lowest BCUT2D eigenvalue weighted by atomic mass is 9.96. The zero-order chi connectivity index (χ0) is 30.8. The van der Waals surface area contributed by atoms with Gasteiger partial charge in [0.05, 0.1) is 0 Å². The molecule has 0 unspecified atom stereocenters. The number of nitrogens with zero attached hydrogens (tertiary/aromatic N) is 2. The highest BCUT2D eigenvalue weighted by atomic mass is 15.2. The molecule has 0 aliphatic carbocycles. The molecule has 5 aromatic carbocycles. The van der Waals surface area contributed by atoms with Crippen molar-refractivity contribution >= 4 is 28.7 Å². The molecule has 218 valence electrons. The molecule has 0 aliphatic heterocycles. The Morgan fingerprint density at radius 3 is 1.53 bits per heavy atom. The van der Waals surface area contributed by atoms with Gasteiger partial charge >= 0.3 is 0 Å². The van der Waals surface area contributed by atoms with E-state index in [1.165, 1.54) is 27.8 Å². The molecule has 1 heterocycles. The maximum absolute atomic E-state index is 4.72. The Morgan fingerprint density at radius 1 is 0.511 bits per heavy atom. The summed E-state index contributed by atoms with van der Waals surface area (Å²) in [4.78, 5) is 6.88. The third-order valence-electron chi connectivity index (χ3n) is 7.77. The van der Waals surface area contributed by atoms with Gasteiger partial charge in [0, 0.05) is 23.7 Å². The van der Waals surface area contributed by atoms with E-state index in [2.05, 4.69) is 177 Å². The van der Waals surface area contributed by atoms with Gasteiger partial charge in [-0.3, -0.25) is 0 Å². The van der Waals surface area contributed by atoms with Crippen molar-refractivity contribution in [2.24, 2.45) is 0 Å². The van der Waals surface area contributed by atoms with Crippen LogP contribution in [0, 0.1) is 13.8 Å². The summed E-state index contributed by atoms with van der Waals surface area (Å²) in [5.41, 5.74) is 11.7. The van der Waals surface area contributed by atoms with E-state index in [4.69, 9.17) is 4.98 Å². The van der Waals surface area contributed by atoms with Crippen LogP contribution in [0.4, 0.5) is 11.5 Å². The zero-order valence-electron chi connectivity index (χ0n) is 25.7. The third-order valence-corrected chi connectivity index (χ3v) is 7.77. The van der Waals surface area contributed by atoms with E-state index in [1.54, 1.807) is 0 Å². The van der Waals surface area contributed by atoms with Crippen LogP contribution in [0.1, 0.15) is 38.9 Å². The minimum absolute atomic E-state index is 0.855. The van der Waals surface area contributed by atoms with Crippen LogP contribution in [0.15, 0.2) is 176 Å².